The summed E-state index contributed by atoms with van der Waals surface area (Å²) < 4.78 is 30.2. The lowest BCUT2D eigenvalue weighted by atomic mass is 10.1. The maximum absolute atomic E-state index is 11.9. The summed E-state index contributed by atoms with van der Waals surface area (Å²) in [5.74, 6) is -0.381. The first kappa shape index (κ1) is 14.8. The monoisotopic (exact) mass is 297 g/mol. The highest BCUT2D eigenvalue weighted by atomic mass is 32.2. The fraction of sp³-hybridized carbons (Fsp3) is 0.500. The molecule has 0 bridgehead atoms. The summed E-state index contributed by atoms with van der Waals surface area (Å²) in [5.41, 5.74) is 1.97. The zero-order valence-electron chi connectivity index (χ0n) is 12.1. The van der Waals surface area contributed by atoms with Gasteiger partial charge >= 0.3 is 5.97 Å². The molecule has 0 spiro atoms. The highest BCUT2D eigenvalue weighted by molar-refractivity contribution is 7.92. The molecule has 1 aromatic carbocycles. The van der Waals surface area contributed by atoms with Crippen molar-refractivity contribution in [2.75, 3.05) is 10.6 Å². The van der Waals surface area contributed by atoms with E-state index in [0.717, 1.165) is 5.56 Å². The molecule has 5 nitrogen and oxygen atoms in total. The van der Waals surface area contributed by atoms with Gasteiger partial charge in [-0.15, -0.1) is 0 Å². The Kier molecular flexibility index (Phi) is 3.77. The second-order valence-corrected chi connectivity index (χ2v) is 7.27. The van der Waals surface area contributed by atoms with E-state index in [0.29, 0.717) is 17.7 Å². The normalized spacial score (nSPS) is 18.2. The van der Waals surface area contributed by atoms with Crippen molar-refractivity contribution >= 4 is 21.7 Å². The van der Waals surface area contributed by atoms with Gasteiger partial charge in [0.15, 0.2) is 0 Å². The smallest absolute Gasteiger partial charge is 0.338 e. The van der Waals surface area contributed by atoms with Gasteiger partial charge in [-0.3, -0.25) is 4.31 Å². The number of fused-ring (bicyclic) bond motifs is 1. The lowest BCUT2D eigenvalue weighted by Gasteiger charge is -2.21. The zero-order valence-corrected chi connectivity index (χ0v) is 12.9. The van der Waals surface area contributed by atoms with Crippen molar-refractivity contribution < 1.29 is 17.9 Å². The molecule has 0 aliphatic carbocycles. The minimum Gasteiger partial charge on any atom is -0.459 e. The number of hydrogen-bond donors (Lipinski definition) is 0. The molecule has 0 fully saturated rings. The summed E-state index contributed by atoms with van der Waals surface area (Å²) in [6.07, 6.45) is 1.62. The molecule has 1 atom stereocenters. The lowest BCUT2D eigenvalue weighted by molar-refractivity contribution is 0.0378. The molecule has 0 amide bonds. The first-order valence-corrected chi connectivity index (χ1v) is 8.38. The molecule has 1 unspecified atom stereocenters. The van der Waals surface area contributed by atoms with Gasteiger partial charge in [0.05, 0.1) is 23.6 Å². The largest absolute Gasteiger partial charge is 0.459 e. The van der Waals surface area contributed by atoms with Gasteiger partial charge in [0.1, 0.15) is 0 Å². The fourth-order valence-electron chi connectivity index (χ4n) is 2.52. The average molecular weight is 297 g/mol. The van der Waals surface area contributed by atoms with Gasteiger partial charge in [0, 0.05) is 6.04 Å². The van der Waals surface area contributed by atoms with Gasteiger partial charge in [-0.05, 0) is 51.0 Å². The maximum Gasteiger partial charge on any atom is 0.338 e. The number of sulfonamides is 1. The third kappa shape index (κ3) is 2.80. The Balaban J connectivity index is 2.36. The van der Waals surface area contributed by atoms with E-state index >= 15 is 0 Å². The van der Waals surface area contributed by atoms with Gasteiger partial charge in [-0.1, -0.05) is 0 Å². The molecule has 0 saturated carbocycles. The summed E-state index contributed by atoms with van der Waals surface area (Å²) in [7, 11) is -3.30. The number of ether oxygens (including phenoxy) is 1. The van der Waals surface area contributed by atoms with Crippen molar-refractivity contribution in [2.45, 2.75) is 39.3 Å². The Labute approximate surface area is 119 Å². The number of hydrogen-bond acceptors (Lipinski definition) is 4. The summed E-state index contributed by atoms with van der Waals surface area (Å²) in [6.45, 7) is 5.44. The number of carbonyl (C=O) groups excluding carboxylic acids is 1. The van der Waals surface area contributed by atoms with Gasteiger partial charge < -0.3 is 4.74 Å². The molecule has 6 heteroatoms. The van der Waals surface area contributed by atoms with E-state index in [1.807, 2.05) is 6.92 Å². The van der Waals surface area contributed by atoms with Crippen LogP contribution in [0.25, 0.3) is 0 Å². The van der Waals surface area contributed by atoms with E-state index in [2.05, 4.69) is 0 Å². The van der Waals surface area contributed by atoms with Gasteiger partial charge in [-0.25, -0.2) is 13.2 Å². The number of esters is 1. The highest BCUT2D eigenvalue weighted by Crippen LogP contribution is 2.34. The maximum atomic E-state index is 11.9. The van der Waals surface area contributed by atoms with E-state index in [-0.39, 0.29) is 18.1 Å². The fourth-order valence-corrected chi connectivity index (χ4v) is 3.78. The van der Waals surface area contributed by atoms with Crippen LogP contribution in [0.1, 0.15) is 36.7 Å². The highest BCUT2D eigenvalue weighted by Gasteiger charge is 2.32. The molecule has 0 saturated heterocycles. The van der Waals surface area contributed by atoms with E-state index in [1.54, 1.807) is 32.0 Å². The molecule has 0 N–H and O–H groups in total. The van der Waals surface area contributed by atoms with Crippen LogP contribution < -0.4 is 4.31 Å². The van der Waals surface area contributed by atoms with Crippen LogP contribution in [0, 0.1) is 0 Å². The van der Waals surface area contributed by atoms with Gasteiger partial charge in [0.2, 0.25) is 10.0 Å². The predicted octanol–water partition coefficient (Wildman–Crippen LogP) is 1.96. The molecule has 20 heavy (non-hydrogen) atoms. The Morgan fingerprint density at radius 2 is 2.05 bits per heavy atom. The number of rotatable bonds is 3. The number of anilines is 1. The SMILES string of the molecule is CC(C)OC(=O)c1ccc2c(c1)CC(C)N2S(C)(=O)=O. The van der Waals surface area contributed by atoms with E-state index in [4.69, 9.17) is 4.74 Å². The standard InChI is InChI=1S/C14H19NO4S/c1-9(2)19-14(16)11-5-6-13-12(8-11)7-10(3)15(13)20(4,17)18/h5-6,8-10H,7H2,1-4H3. The molecule has 1 aliphatic rings. The molecular formula is C14H19NO4S. The molecule has 1 heterocycles. The van der Waals surface area contributed by atoms with E-state index in [1.165, 1.54) is 10.6 Å². The predicted molar refractivity (Wildman–Crippen MR) is 77.5 cm³/mol. The third-order valence-electron chi connectivity index (χ3n) is 3.17. The third-order valence-corrected chi connectivity index (χ3v) is 4.44. The van der Waals surface area contributed by atoms with Crippen LogP contribution in [0.3, 0.4) is 0 Å². The topological polar surface area (TPSA) is 63.7 Å². The molecule has 2 rings (SSSR count). The number of carbonyl (C=O) groups is 1. The summed E-state index contributed by atoms with van der Waals surface area (Å²) in [5, 5.41) is 0. The van der Waals surface area contributed by atoms with Crippen molar-refractivity contribution in [1.29, 1.82) is 0 Å². The minimum absolute atomic E-state index is 0.128. The number of nitrogens with zero attached hydrogens (tertiary/aromatic N) is 1. The summed E-state index contributed by atoms with van der Waals surface area (Å²) >= 11 is 0. The molecule has 0 radical (unpaired) electrons. The second-order valence-electron chi connectivity index (χ2n) is 5.41. The zero-order chi connectivity index (χ0) is 15.1. The molecule has 110 valence electrons. The van der Waals surface area contributed by atoms with Crippen LogP contribution >= 0.6 is 0 Å². The van der Waals surface area contributed by atoms with Crippen molar-refractivity contribution in [3.05, 3.63) is 29.3 Å². The van der Waals surface area contributed by atoms with Crippen LogP contribution in [-0.4, -0.2) is 32.8 Å². The summed E-state index contributed by atoms with van der Waals surface area (Å²) in [4.78, 5) is 11.9. The van der Waals surface area contributed by atoms with Crippen molar-refractivity contribution in [3.63, 3.8) is 0 Å². The van der Waals surface area contributed by atoms with Crippen LogP contribution in [0.15, 0.2) is 18.2 Å². The average Bonchev–Trinajstić information content (AvgIpc) is 2.61. The molecular weight excluding hydrogens is 278 g/mol. The molecule has 1 aromatic rings. The van der Waals surface area contributed by atoms with Crippen LogP contribution in [0.4, 0.5) is 5.69 Å². The van der Waals surface area contributed by atoms with Crippen molar-refractivity contribution in [2.24, 2.45) is 0 Å². The minimum atomic E-state index is -3.30. The van der Waals surface area contributed by atoms with Crippen molar-refractivity contribution in [1.82, 2.24) is 0 Å². The Morgan fingerprint density at radius 1 is 1.40 bits per heavy atom. The van der Waals surface area contributed by atoms with E-state index < -0.39 is 10.0 Å². The Hall–Kier alpha value is -1.56. The van der Waals surface area contributed by atoms with Crippen LogP contribution in [0.5, 0.6) is 0 Å². The first-order valence-electron chi connectivity index (χ1n) is 6.53. The lowest BCUT2D eigenvalue weighted by Crippen LogP contribution is -2.34. The molecule has 0 aromatic heterocycles. The number of benzene rings is 1. The second kappa shape index (κ2) is 5.09. The van der Waals surface area contributed by atoms with Crippen LogP contribution in [0.2, 0.25) is 0 Å². The van der Waals surface area contributed by atoms with Gasteiger partial charge in [0.25, 0.3) is 0 Å². The van der Waals surface area contributed by atoms with Crippen molar-refractivity contribution in [3.8, 4) is 0 Å². The quantitative estimate of drug-likeness (QED) is 0.800. The Morgan fingerprint density at radius 3 is 2.60 bits per heavy atom. The van der Waals surface area contributed by atoms with Gasteiger partial charge in [-0.2, -0.15) is 0 Å². The Bertz CT molecular complexity index is 637. The van der Waals surface area contributed by atoms with E-state index in [9.17, 15) is 13.2 Å². The molecule has 1 aliphatic heterocycles. The first-order chi connectivity index (χ1) is 9.20. The summed E-state index contributed by atoms with van der Waals surface area (Å²) in [6, 6.07) is 4.88. The van der Waals surface area contributed by atoms with Crippen LogP contribution in [-0.2, 0) is 21.2 Å².